The molecule has 1 aliphatic heterocycles. The van der Waals surface area contributed by atoms with Crippen LogP contribution < -0.4 is 10.1 Å². The molecule has 0 saturated heterocycles. The first-order valence-corrected chi connectivity index (χ1v) is 8.42. The molecule has 128 valence electrons. The molecule has 2 aromatic rings. The lowest BCUT2D eigenvalue weighted by molar-refractivity contribution is 0.149. The molecule has 3 nitrogen and oxygen atoms in total. The number of fused-ring (bicyclic) bond motifs is 1. The Labute approximate surface area is 151 Å². The highest BCUT2D eigenvalue weighted by Crippen LogP contribution is 2.44. The van der Waals surface area contributed by atoms with Crippen LogP contribution in [0, 0.1) is 17.1 Å². The van der Waals surface area contributed by atoms with Crippen LogP contribution in [-0.4, -0.2) is 12.1 Å². The SMILES string of the molecule is CCNc1ccc2c(c1)OC(C)(C)C(C#N)=C2c1ccc(Cl)c(F)c1. The van der Waals surface area contributed by atoms with Crippen LogP contribution in [0.4, 0.5) is 10.1 Å². The van der Waals surface area contributed by atoms with E-state index in [0.717, 1.165) is 17.8 Å². The number of hydrogen-bond acceptors (Lipinski definition) is 3. The summed E-state index contributed by atoms with van der Waals surface area (Å²) in [5.74, 6) is 0.145. The molecule has 0 aromatic heterocycles. The van der Waals surface area contributed by atoms with E-state index in [1.54, 1.807) is 6.07 Å². The molecule has 0 amide bonds. The van der Waals surface area contributed by atoms with Gasteiger partial charge in [0.1, 0.15) is 17.2 Å². The Hall–Kier alpha value is -2.51. The number of hydrogen-bond donors (Lipinski definition) is 1. The van der Waals surface area contributed by atoms with E-state index in [4.69, 9.17) is 16.3 Å². The monoisotopic (exact) mass is 356 g/mol. The Morgan fingerprint density at radius 2 is 2.00 bits per heavy atom. The highest BCUT2D eigenvalue weighted by molar-refractivity contribution is 6.30. The number of benzene rings is 2. The topological polar surface area (TPSA) is 45.0 Å². The second-order valence-corrected chi connectivity index (χ2v) is 6.75. The van der Waals surface area contributed by atoms with Crippen LogP contribution in [-0.2, 0) is 0 Å². The summed E-state index contributed by atoms with van der Waals surface area (Å²) in [5, 5.41) is 13.0. The summed E-state index contributed by atoms with van der Waals surface area (Å²) >= 11 is 5.81. The van der Waals surface area contributed by atoms with Gasteiger partial charge in [-0.1, -0.05) is 17.7 Å². The van der Waals surface area contributed by atoms with Crippen molar-refractivity contribution in [1.29, 1.82) is 5.26 Å². The number of ether oxygens (including phenoxy) is 1. The largest absolute Gasteiger partial charge is 0.482 e. The molecule has 1 aliphatic rings. The van der Waals surface area contributed by atoms with Gasteiger partial charge in [-0.05, 0) is 50.6 Å². The number of rotatable bonds is 3. The molecule has 0 atom stereocenters. The number of nitrogens with zero attached hydrogens (tertiary/aromatic N) is 1. The normalized spacial score (nSPS) is 15.2. The summed E-state index contributed by atoms with van der Waals surface area (Å²) in [6.45, 7) is 6.47. The van der Waals surface area contributed by atoms with Gasteiger partial charge in [0.15, 0.2) is 0 Å². The van der Waals surface area contributed by atoms with Gasteiger partial charge in [0.2, 0.25) is 0 Å². The summed E-state index contributed by atoms with van der Waals surface area (Å²) in [6, 6.07) is 12.5. The van der Waals surface area contributed by atoms with Gasteiger partial charge in [0.25, 0.3) is 0 Å². The average molecular weight is 357 g/mol. The Kier molecular flexibility index (Phi) is 4.45. The molecule has 0 aliphatic carbocycles. The molecule has 0 bridgehead atoms. The van der Waals surface area contributed by atoms with Gasteiger partial charge < -0.3 is 10.1 Å². The Bertz CT molecular complexity index is 912. The zero-order valence-electron chi connectivity index (χ0n) is 14.3. The van der Waals surface area contributed by atoms with Crippen molar-refractivity contribution in [3.8, 4) is 11.8 Å². The van der Waals surface area contributed by atoms with E-state index >= 15 is 0 Å². The molecule has 5 heteroatoms. The van der Waals surface area contributed by atoms with Gasteiger partial charge in [-0.25, -0.2) is 4.39 Å². The minimum atomic E-state index is -0.821. The molecule has 1 N–H and O–H groups in total. The molecule has 3 rings (SSSR count). The van der Waals surface area contributed by atoms with Crippen LogP contribution in [0.15, 0.2) is 42.0 Å². The fourth-order valence-electron chi connectivity index (χ4n) is 3.03. The van der Waals surface area contributed by atoms with Crippen LogP contribution in [0.1, 0.15) is 31.9 Å². The van der Waals surface area contributed by atoms with E-state index in [1.165, 1.54) is 12.1 Å². The van der Waals surface area contributed by atoms with E-state index in [-0.39, 0.29) is 5.02 Å². The van der Waals surface area contributed by atoms with E-state index in [2.05, 4.69) is 11.4 Å². The summed E-state index contributed by atoms with van der Waals surface area (Å²) in [7, 11) is 0. The quantitative estimate of drug-likeness (QED) is 0.800. The Morgan fingerprint density at radius 3 is 2.64 bits per heavy atom. The first kappa shape index (κ1) is 17.3. The lowest BCUT2D eigenvalue weighted by Gasteiger charge is -2.34. The van der Waals surface area contributed by atoms with Crippen molar-refractivity contribution in [3.05, 3.63) is 63.9 Å². The molecule has 0 spiro atoms. The van der Waals surface area contributed by atoms with Crippen molar-refractivity contribution in [2.45, 2.75) is 26.4 Å². The number of nitriles is 1. The summed E-state index contributed by atoms with van der Waals surface area (Å²) in [6.07, 6.45) is 0. The zero-order chi connectivity index (χ0) is 18.2. The first-order chi connectivity index (χ1) is 11.9. The minimum absolute atomic E-state index is 0.0527. The maximum Gasteiger partial charge on any atom is 0.142 e. The average Bonchev–Trinajstić information content (AvgIpc) is 2.55. The fourth-order valence-corrected chi connectivity index (χ4v) is 3.15. The summed E-state index contributed by atoms with van der Waals surface area (Å²) < 4.78 is 20.1. The molecular weight excluding hydrogens is 339 g/mol. The van der Waals surface area contributed by atoms with E-state index in [9.17, 15) is 9.65 Å². The smallest absolute Gasteiger partial charge is 0.142 e. The maximum atomic E-state index is 14.0. The van der Waals surface area contributed by atoms with Crippen molar-refractivity contribution in [2.75, 3.05) is 11.9 Å². The lowest BCUT2D eigenvalue weighted by atomic mass is 9.83. The predicted molar refractivity (Wildman–Crippen MR) is 98.4 cm³/mol. The third kappa shape index (κ3) is 3.08. The maximum absolute atomic E-state index is 14.0. The van der Waals surface area contributed by atoms with Gasteiger partial charge in [-0.3, -0.25) is 0 Å². The summed E-state index contributed by atoms with van der Waals surface area (Å²) in [5.41, 5.74) is 2.61. The van der Waals surface area contributed by atoms with Crippen molar-refractivity contribution in [2.24, 2.45) is 0 Å². The third-order valence-corrected chi connectivity index (χ3v) is 4.48. The van der Waals surface area contributed by atoms with Gasteiger partial charge in [0.05, 0.1) is 16.7 Å². The second kappa shape index (κ2) is 6.42. The van der Waals surface area contributed by atoms with Crippen LogP contribution in [0.3, 0.4) is 0 Å². The second-order valence-electron chi connectivity index (χ2n) is 6.34. The first-order valence-electron chi connectivity index (χ1n) is 8.05. The number of anilines is 1. The van der Waals surface area contributed by atoms with Crippen molar-refractivity contribution in [1.82, 2.24) is 0 Å². The molecule has 1 heterocycles. The van der Waals surface area contributed by atoms with Crippen LogP contribution in [0.25, 0.3) is 5.57 Å². The Balaban J connectivity index is 2.27. The van der Waals surface area contributed by atoms with Crippen LogP contribution in [0.2, 0.25) is 5.02 Å². The van der Waals surface area contributed by atoms with Crippen LogP contribution in [0.5, 0.6) is 5.75 Å². The molecule has 0 radical (unpaired) electrons. The van der Waals surface area contributed by atoms with Gasteiger partial charge >= 0.3 is 0 Å². The molecule has 0 unspecified atom stereocenters. The molecule has 0 fully saturated rings. The highest BCUT2D eigenvalue weighted by Gasteiger charge is 2.36. The van der Waals surface area contributed by atoms with Crippen molar-refractivity contribution in [3.63, 3.8) is 0 Å². The van der Waals surface area contributed by atoms with E-state index in [1.807, 2.05) is 39.0 Å². The number of nitrogens with one attached hydrogen (secondary N) is 1. The minimum Gasteiger partial charge on any atom is -0.482 e. The van der Waals surface area contributed by atoms with Gasteiger partial charge in [-0.15, -0.1) is 0 Å². The van der Waals surface area contributed by atoms with Crippen molar-refractivity contribution >= 4 is 22.9 Å². The van der Waals surface area contributed by atoms with E-state index in [0.29, 0.717) is 22.5 Å². The lowest BCUT2D eigenvalue weighted by Crippen LogP contribution is -2.34. The third-order valence-electron chi connectivity index (χ3n) is 4.17. The standard InChI is InChI=1S/C20H18ClFN2O/c1-4-24-13-6-7-14-18(10-13)25-20(2,3)15(11-23)19(14)12-5-8-16(21)17(22)9-12/h5-10,24H,4H2,1-3H3. The highest BCUT2D eigenvalue weighted by atomic mass is 35.5. The molecular formula is C20H18ClFN2O. The summed E-state index contributed by atoms with van der Waals surface area (Å²) in [4.78, 5) is 0. The van der Waals surface area contributed by atoms with Crippen LogP contribution >= 0.6 is 11.6 Å². The van der Waals surface area contributed by atoms with E-state index < -0.39 is 11.4 Å². The number of halogens is 2. The van der Waals surface area contributed by atoms with Crippen molar-refractivity contribution < 1.29 is 9.13 Å². The Morgan fingerprint density at radius 1 is 1.24 bits per heavy atom. The zero-order valence-corrected chi connectivity index (χ0v) is 15.0. The molecule has 2 aromatic carbocycles. The molecule has 25 heavy (non-hydrogen) atoms. The molecule has 0 saturated carbocycles. The van der Waals surface area contributed by atoms with Gasteiger partial charge in [0, 0.05) is 29.4 Å². The fraction of sp³-hybridized carbons (Fsp3) is 0.250. The van der Waals surface area contributed by atoms with Gasteiger partial charge in [-0.2, -0.15) is 5.26 Å². The predicted octanol–water partition coefficient (Wildman–Crippen LogP) is 5.41.